The number of carbonyl (C=O) groups is 1. The van der Waals surface area contributed by atoms with Crippen molar-refractivity contribution in [3.05, 3.63) is 33.4 Å². The Morgan fingerprint density at radius 2 is 2.25 bits per heavy atom. The van der Waals surface area contributed by atoms with Crippen molar-refractivity contribution < 1.29 is 9.21 Å². The van der Waals surface area contributed by atoms with Crippen LogP contribution in [0.3, 0.4) is 0 Å². The van der Waals surface area contributed by atoms with Gasteiger partial charge in [-0.1, -0.05) is 0 Å². The predicted molar refractivity (Wildman–Crippen MR) is 75.9 cm³/mol. The van der Waals surface area contributed by atoms with Crippen LogP contribution in [0, 0.1) is 6.92 Å². The van der Waals surface area contributed by atoms with Gasteiger partial charge in [0.25, 0.3) is 5.91 Å². The van der Waals surface area contributed by atoms with E-state index in [-0.39, 0.29) is 11.9 Å². The normalized spacial score (nSPS) is 15.7. The number of aryl methyl sites for hydroxylation is 3. The number of hydrogen-bond acceptors (Lipinski definition) is 5. The zero-order chi connectivity index (χ0) is 14.1. The molecule has 0 spiro atoms. The van der Waals surface area contributed by atoms with Gasteiger partial charge in [0.15, 0.2) is 12.1 Å². The van der Waals surface area contributed by atoms with E-state index >= 15 is 0 Å². The van der Waals surface area contributed by atoms with Gasteiger partial charge in [0.2, 0.25) is 0 Å². The van der Waals surface area contributed by atoms with Crippen molar-refractivity contribution >= 4 is 17.2 Å². The monoisotopic (exact) mass is 291 g/mol. The Balaban J connectivity index is 1.73. The van der Waals surface area contributed by atoms with Gasteiger partial charge in [0.05, 0.1) is 11.7 Å². The first-order valence-corrected chi connectivity index (χ1v) is 7.66. The van der Waals surface area contributed by atoms with Crippen molar-refractivity contribution in [2.45, 2.75) is 45.6 Å². The minimum atomic E-state index is -0.211. The fourth-order valence-corrected chi connectivity index (χ4v) is 3.56. The molecule has 1 aliphatic carbocycles. The molecule has 1 atom stereocenters. The molecule has 0 aromatic carbocycles. The molecule has 0 saturated carbocycles. The molecule has 106 valence electrons. The number of carbonyl (C=O) groups excluding carboxylic acids is 1. The van der Waals surface area contributed by atoms with Gasteiger partial charge in [-0.25, -0.2) is 9.97 Å². The Hall–Kier alpha value is -1.69. The van der Waals surface area contributed by atoms with E-state index in [1.165, 1.54) is 29.8 Å². The summed E-state index contributed by atoms with van der Waals surface area (Å²) in [4.78, 5) is 22.1. The molecular formula is C14H17N3O2S. The molecule has 0 fully saturated rings. The Labute approximate surface area is 121 Å². The number of rotatable bonds is 3. The Kier molecular flexibility index (Phi) is 3.56. The molecule has 1 N–H and O–H groups in total. The topological polar surface area (TPSA) is 68.0 Å². The minimum Gasteiger partial charge on any atom is -0.448 e. The van der Waals surface area contributed by atoms with E-state index in [1.807, 2.05) is 6.92 Å². The quantitative estimate of drug-likeness (QED) is 0.944. The SMILES string of the molecule is Cc1ocnc1C(=O)N[C@H](C)c1nc2c(s1)CCCC2. The standard InChI is InChI=1S/C14H17N3O2S/c1-8(16-13(18)12-9(2)19-7-15-12)14-17-10-5-3-4-6-11(10)20-14/h7-8H,3-6H2,1-2H3,(H,16,18)/t8-/m1/s1. The number of nitrogens with zero attached hydrogens (tertiary/aromatic N) is 2. The first-order valence-electron chi connectivity index (χ1n) is 6.84. The van der Waals surface area contributed by atoms with Crippen LogP contribution in [-0.4, -0.2) is 15.9 Å². The van der Waals surface area contributed by atoms with Gasteiger partial charge in [0, 0.05) is 4.88 Å². The second-order valence-electron chi connectivity index (χ2n) is 5.08. The van der Waals surface area contributed by atoms with Crippen LogP contribution >= 0.6 is 11.3 Å². The zero-order valence-corrected chi connectivity index (χ0v) is 12.4. The number of thiazole rings is 1. The van der Waals surface area contributed by atoms with Crippen LogP contribution in [0.5, 0.6) is 0 Å². The summed E-state index contributed by atoms with van der Waals surface area (Å²) in [5, 5.41) is 3.91. The van der Waals surface area contributed by atoms with Gasteiger partial charge in [-0.3, -0.25) is 4.79 Å². The van der Waals surface area contributed by atoms with Crippen LogP contribution in [-0.2, 0) is 12.8 Å². The van der Waals surface area contributed by atoms with Gasteiger partial charge < -0.3 is 9.73 Å². The van der Waals surface area contributed by atoms with E-state index in [1.54, 1.807) is 18.3 Å². The molecule has 0 aliphatic heterocycles. The van der Waals surface area contributed by atoms with E-state index < -0.39 is 0 Å². The second-order valence-corrected chi connectivity index (χ2v) is 6.20. The van der Waals surface area contributed by atoms with Crippen molar-refractivity contribution in [1.82, 2.24) is 15.3 Å². The van der Waals surface area contributed by atoms with E-state index in [0.717, 1.165) is 17.8 Å². The molecule has 1 aliphatic rings. The van der Waals surface area contributed by atoms with Crippen LogP contribution in [0.4, 0.5) is 0 Å². The lowest BCUT2D eigenvalue weighted by Gasteiger charge is -2.09. The highest BCUT2D eigenvalue weighted by Crippen LogP contribution is 2.29. The van der Waals surface area contributed by atoms with Crippen molar-refractivity contribution in [3.8, 4) is 0 Å². The number of aromatic nitrogens is 2. The number of nitrogens with one attached hydrogen (secondary N) is 1. The first kappa shape index (κ1) is 13.3. The molecule has 0 unspecified atom stereocenters. The minimum absolute atomic E-state index is 0.103. The summed E-state index contributed by atoms with van der Waals surface area (Å²) in [6, 6.07) is -0.103. The number of oxazole rings is 1. The number of amides is 1. The molecule has 0 radical (unpaired) electrons. The summed E-state index contributed by atoms with van der Waals surface area (Å²) in [6.07, 6.45) is 5.94. The molecule has 0 bridgehead atoms. The highest BCUT2D eigenvalue weighted by molar-refractivity contribution is 7.11. The zero-order valence-electron chi connectivity index (χ0n) is 11.6. The lowest BCUT2D eigenvalue weighted by Crippen LogP contribution is -2.27. The molecule has 2 aromatic heterocycles. The molecule has 2 aromatic rings. The van der Waals surface area contributed by atoms with Crippen molar-refractivity contribution in [2.75, 3.05) is 0 Å². The lowest BCUT2D eigenvalue weighted by atomic mass is 10.0. The molecule has 5 nitrogen and oxygen atoms in total. The van der Waals surface area contributed by atoms with Gasteiger partial charge in [0.1, 0.15) is 10.8 Å². The third-order valence-corrected chi connectivity index (χ3v) is 4.88. The summed E-state index contributed by atoms with van der Waals surface area (Å²) < 4.78 is 5.05. The molecular weight excluding hydrogens is 274 g/mol. The van der Waals surface area contributed by atoms with E-state index in [0.29, 0.717) is 11.5 Å². The van der Waals surface area contributed by atoms with E-state index in [4.69, 9.17) is 4.42 Å². The highest BCUT2D eigenvalue weighted by atomic mass is 32.1. The molecule has 0 saturated heterocycles. The maximum atomic E-state index is 12.1. The molecule has 2 heterocycles. The predicted octanol–water partition coefficient (Wildman–Crippen LogP) is 2.81. The number of hydrogen-bond donors (Lipinski definition) is 1. The smallest absolute Gasteiger partial charge is 0.274 e. The first-order chi connectivity index (χ1) is 9.65. The highest BCUT2D eigenvalue weighted by Gasteiger charge is 2.21. The van der Waals surface area contributed by atoms with Gasteiger partial charge in [-0.05, 0) is 39.5 Å². The maximum absolute atomic E-state index is 12.1. The molecule has 20 heavy (non-hydrogen) atoms. The third kappa shape index (κ3) is 2.47. The van der Waals surface area contributed by atoms with Crippen molar-refractivity contribution in [3.63, 3.8) is 0 Å². The second kappa shape index (κ2) is 5.36. The Morgan fingerprint density at radius 1 is 1.45 bits per heavy atom. The van der Waals surface area contributed by atoms with Gasteiger partial charge >= 0.3 is 0 Å². The van der Waals surface area contributed by atoms with Gasteiger partial charge in [-0.2, -0.15) is 0 Å². The molecule has 3 rings (SSSR count). The summed E-state index contributed by atoms with van der Waals surface area (Å²) in [5.74, 6) is 0.324. The third-order valence-electron chi connectivity index (χ3n) is 3.54. The van der Waals surface area contributed by atoms with Crippen LogP contribution in [0.25, 0.3) is 0 Å². The van der Waals surface area contributed by atoms with Crippen molar-refractivity contribution in [2.24, 2.45) is 0 Å². The van der Waals surface area contributed by atoms with E-state index in [2.05, 4.69) is 15.3 Å². The Bertz CT molecular complexity index is 609. The average molecular weight is 291 g/mol. The van der Waals surface area contributed by atoms with E-state index in [9.17, 15) is 4.79 Å². The van der Waals surface area contributed by atoms with Crippen molar-refractivity contribution in [1.29, 1.82) is 0 Å². The van der Waals surface area contributed by atoms with Crippen LogP contribution in [0.15, 0.2) is 10.8 Å². The summed E-state index contributed by atoms with van der Waals surface area (Å²) in [7, 11) is 0. The van der Waals surface area contributed by atoms with Gasteiger partial charge in [-0.15, -0.1) is 11.3 Å². The van der Waals surface area contributed by atoms with Crippen LogP contribution < -0.4 is 5.32 Å². The lowest BCUT2D eigenvalue weighted by molar-refractivity contribution is 0.0934. The summed E-state index contributed by atoms with van der Waals surface area (Å²) in [5.41, 5.74) is 1.56. The summed E-state index contributed by atoms with van der Waals surface area (Å²) >= 11 is 1.72. The molecule has 1 amide bonds. The summed E-state index contributed by atoms with van der Waals surface area (Å²) in [6.45, 7) is 3.69. The average Bonchev–Trinajstić information content (AvgIpc) is 3.04. The molecule has 6 heteroatoms. The van der Waals surface area contributed by atoms with Crippen LogP contribution in [0.2, 0.25) is 0 Å². The Morgan fingerprint density at radius 3 is 2.95 bits per heavy atom. The largest absolute Gasteiger partial charge is 0.448 e. The fourth-order valence-electron chi connectivity index (χ4n) is 2.41. The number of fused-ring (bicyclic) bond motifs is 1. The maximum Gasteiger partial charge on any atom is 0.274 e. The fraction of sp³-hybridized carbons (Fsp3) is 0.500. The van der Waals surface area contributed by atoms with Crippen LogP contribution in [0.1, 0.15) is 57.6 Å².